The van der Waals surface area contributed by atoms with Crippen LogP contribution in [-0.2, 0) is 38.1 Å². The van der Waals surface area contributed by atoms with Crippen LogP contribution in [0.1, 0.15) is 38.5 Å². The maximum atomic E-state index is 11.4. The summed E-state index contributed by atoms with van der Waals surface area (Å²) in [4.78, 5) is 43.4. The van der Waals surface area contributed by atoms with E-state index >= 15 is 0 Å². The Morgan fingerprint density at radius 3 is 1.39 bits per heavy atom. The number of methoxy groups -OCH3 is 4. The zero-order valence-corrected chi connectivity index (χ0v) is 24.4. The van der Waals surface area contributed by atoms with Crippen LogP contribution in [0.2, 0.25) is 0 Å². The van der Waals surface area contributed by atoms with Crippen molar-refractivity contribution in [3.63, 3.8) is 0 Å². The first kappa shape index (κ1) is 36.4. The van der Waals surface area contributed by atoms with Crippen LogP contribution in [0.4, 0.5) is 0 Å². The second-order valence-electron chi connectivity index (χ2n) is 5.98. The lowest BCUT2D eigenvalue weighted by atomic mass is 9.99. The Labute approximate surface area is 222 Å². The summed E-state index contributed by atoms with van der Waals surface area (Å²) in [6, 6.07) is 0. The number of rotatable bonds is 13. The summed E-state index contributed by atoms with van der Waals surface area (Å²) in [5, 5.41) is 2.66. The molecule has 0 fully saturated rings. The van der Waals surface area contributed by atoms with Crippen molar-refractivity contribution < 1.29 is 38.1 Å². The molecule has 1 unspecified atom stereocenters. The van der Waals surface area contributed by atoms with Crippen LogP contribution < -0.4 is 0 Å². The van der Waals surface area contributed by atoms with Gasteiger partial charge in [0.1, 0.15) is 0 Å². The first-order valence-electron chi connectivity index (χ1n) is 10.0. The molecule has 0 amide bonds. The number of carbonyl (C=O) groups is 4. The predicted octanol–water partition coefficient (Wildman–Crippen LogP) is 4.91. The average Bonchev–Trinajstić information content (AvgIpc) is 2.84. The smallest absolute Gasteiger partial charge is 0.308 e. The molecular formula is C22H35Br3O8. The first-order chi connectivity index (χ1) is 15.8. The summed E-state index contributed by atoms with van der Waals surface area (Å²) in [5.41, 5.74) is 0. The Balaban J connectivity index is -0.000000457. The van der Waals surface area contributed by atoms with E-state index in [9.17, 15) is 19.2 Å². The topological polar surface area (TPSA) is 105 Å². The van der Waals surface area contributed by atoms with E-state index in [1.54, 1.807) is 0 Å². The maximum absolute atomic E-state index is 11.4. The minimum Gasteiger partial charge on any atom is -0.469 e. The highest BCUT2D eigenvalue weighted by Gasteiger charge is 2.19. The number of hydrogen-bond acceptors (Lipinski definition) is 8. The molecule has 0 aromatic rings. The number of carbonyl (C=O) groups excluding carboxylic acids is 4. The molecule has 0 aromatic carbocycles. The maximum Gasteiger partial charge on any atom is 0.308 e. The summed E-state index contributed by atoms with van der Waals surface area (Å²) >= 11 is 9.74. The lowest BCUT2D eigenvalue weighted by Crippen LogP contribution is -2.17. The van der Waals surface area contributed by atoms with Crippen LogP contribution in [0.25, 0.3) is 0 Å². The minimum atomic E-state index is -0.307. The number of halogens is 3. The molecule has 0 aliphatic carbocycles. The first-order valence-corrected chi connectivity index (χ1v) is 13.4. The Morgan fingerprint density at radius 1 is 0.636 bits per heavy atom. The van der Waals surface area contributed by atoms with Gasteiger partial charge in [-0.3, -0.25) is 19.2 Å². The molecule has 0 aliphatic rings. The van der Waals surface area contributed by atoms with E-state index in [0.717, 1.165) is 16.0 Å². The Kier molecular flexibility index (Phi) is 31.8. The highest BCUT2D eigenvalue weighted by molar-refractivity contribution is 9.09. The standard InChI is InChI=1S/C11H17BrO4.C7H12O4.C4H6Br2/c1-15-10(13)7-6-9(11(14)16-2)5-3-4-8-12;1-10-6(8)4-3-5-7(9)11-2;5-3-1-2-4-6/h3-4,9H,5-8H2,1-2H3;3-5H2,1-2H3;1-2H,3-4H2/b4-3+;;2-1+. The lowest BCUT2D eigenvalue weighted by Gasteiger charge is -2.11. The highest BCUT2D eigenvalue weighted by Crippen LogP contribution is 2.14. The molecule has 192 valence electrons. The third-order valence-corrected chi connectivity index (χ3v) is 4.82. The Morgan fingerprint density at radius 2 is 1.03 bits per heavy atom. The van der Waals surface area contributed by atoms with Gasteiger partial charge in [0.05, 0.1) is 34.4 Å². The molecule has 0 saturated carbocycles. The number of alkyl halides is 3. The SMILES string of the molecule is BrC/C=C/CBr.COC(=O)CCC(C/C=C/CBr)C(=O)OC.COC(=O)CCCC(=O)OC. The second kappa shape index (κ2) is 28.8. The molecule has 0 radical (unpaired) electrons. The van der Waals surface area contributed by atoms with Gasteiger partial charge in [-0.25, -0.2) is 0 Å². The molecule has 1 atom stereocenters. The quantitative estimate of drug-likeness (QED) is 0.118. The fraction of sp³-hybridized carbons (Fsp3) is 0.636. The minimum absolute atomic E-state index is 0.235. The fourth-order valence-electron chi connectivity index (χ4n) is 1.92. The van der Waals surface area contributed by atoms with Gasteiger partial charge in [-0.1, -0.05) is 72.1 Å². The number of hydrogen-bond donors (Lipinski definition) is 0. The summed E-state index contributed by atoms with van der Waals surface area (Å²) in [5.74, 6) is -1.47. The zero-order chi connectivity index (χ0) is 25.9. The molecule has 33 heavy (non-hydrogen) atoms. The summed E-state index contributed by atoms with van der Waals surface area (Å²) < 4.78 is 17.9. The summed E-state index contributed by atoms with van der Waals surface area (Å²) in [7, 11) is 5.32. The number of esters is 4. The third kappa shape index (κ3) is 28.8. The van der Waals surface area contributed by atoms with Crippen molar-refractivity contribution in [2.75, 3.05) is 44.4 Å². The second-order valence-corrected chi connectivity index (χ2v) is 7.92. The van der Waals surface area contributed by atoms with Crippen molar-refractivity contribution >= 4 is 71.7 Å². The van der Waals surface area contributed by atoms with E-state index in [1.807, 2.05) is 12.2 Å². The van der Waals surface area contributed by atoms with E-state index in [-0.39, 0.29) is 49.1 Å². The molecule has 0 N–H and O–H groups in total. The van der Waals surface area contributed by atoms with Crippen molar-refractivity contribution in [2.24, 2.45) is 5.92 Å². The van der Waals surface area contributed by atoms with E-state index < -0.39 is 0 Å². The monoisotopic (exact) mass is 664 g/mol. The van der Waals surface area contributed by atoms with Gasteiger partial charge in [0.2, 0.25) is 0 Å². The van der Waals surface area contributed by atoms with Crippen molar-refractivity contribution in [3.8, 4) is 0 Å². The van der Waals surface area contributed by atoms with Gasteiger partial charge < -0.3 is 18.9 Å². The number of ether oxygens (including phenoxy) is 4. The van der Waals surface area contributed by atoms with E-state index in [4.69, 9.17) is 0 Å². The van der Waals surface area contributed by atoms with Crippen molar-refractivity contribution in [3.05, 3.63) is 24.3 Å². The molecule has 11 heteroatoms. The Bertz CT molecular complexity index is 558. The molecule has 8 nitrogen and oxygen atoms in total. The van der Waals surface area contributed by atoms with Gasteiger partial charge in [0.25, 0.3) is 0 Å². The van der Waals surface area contributed by atoms with Crippen LogP contribution in [-0.4, -0.2) is 68.3 Å². The van der Waals surface area contributed by atoms with Crippen LogP contribution in [0.15, 0.2) is 24.3 Å². The van der Waals surface area contributed by atoms with Crippen LogP contribution in [0.5, 0.6) is 0 Å². The van der Waals surface area contributed by atoms with Gasteiger partial charge >= 0.3 is 23.9 Å². The summed E-state index contributed by atoms with van der Waals surface area (Å²) in [6.07, 6.45) is 10.2. The van der Waals surface area contributed by atoms with Crippen LogP contribution in [0.3, 0.4) is 0 Å². The van der Waals surface area contributed by atoms with Crippen LogP contribution >= 0.6 is 47.8 Å². The largest absolute Gasteiger partial charge is 0.469 e. The molecule has 0 aliphatic heterocycles. The lowest BCUT2D eigenvalue weighted by molar-refractivity contribution is -0.147. The van der Waals surface area contributed by atoms with Gasteiger partial charge in [0, 0.05) is 35.3 Å². The van der Waals surface area contributed by atoms with Gasteiger partial charge in [0.15, 0.2) is 0 Å². The van der Waals surface area contributed by atoms with E-state index in [1.165, 1.54) is 28.4 Å². The van der Waals surface area contributed by atoms with Crippen molar-refractivity contribution in [1.82, 2.24) is 0 Å². The third-order valence-electron chi connectivity index (χ3n) is 3.70. The normalized spacial score (nSPS) is 10.9. The van der Waals surface area contributed by atoms with Gasteiger partial charge in [-0.15, -0.1) is 0 Å². The predicted molar refractivity (Wildman–Crippen MR) is 139 cm³/mol. The molecule has 0 aromatic heterocycles. The van der Waals surface area contributed by atoms with Crippen molar-refractivity contribution in [2.45, 2.75) is 38.5 Å². The molecular weight excluding hydrogens is 632 g/mol. The van der Waals surface area contributed by atoms with E-state index in [2.05, 4.69) is 78.9 Å². The summed E-state index contributed by atoms with van der Waals surface area (Å²) in [6.45, 7) is 0. The van der Waals surface area contributed by atoms with Gasteiger partial charge in [-0.05, 0) is 19.3 Å². The zero-order valence-electron chi connectivity index (χ0n) is 19.7. The number of allylic oxidation sites excluding steroid dienone is 4. The average molecular weight is 667 g/mol. The molecule has 0 saturated heterocycles. The molecule has 0 heterocycles. The van der Waals surface area contributed by atoms with Gasteiger partial charge in [-0.2, -0.15) is 0 Å². The molecule has 0 bridgehead atoms. The van der Waals surface area contributed by atoms with E-state index in [0.29, 0.717) is 19.3 Å². The van der Waals surface area contributed by atoms with Crippen molar-refractivity contribution in [1.29, 1.82) is 0 Å². The highest BCUT2D eigenvalue weighted by atomic mass is 79.9. The molecule has 0 rings (SSSR count). The Hall–Kier alpha value is -1.20. The van der Waals surface area contributed by atoms with Crippen LogP contribution in [0, 0.1) is 5.92 Å². The fourth-order valence-corrected chi connectivity index (χ4v) is 2.72. The molecule has 0 spiro atoms.